The number of anilines is 1. The van der Waals surface area contributed by atoms with Crippen molar-refractivity contribution in [2.24, 2.45) is 0 Å². The summed E-state index contributed by atoms with van der Waals surface area (Å²) in [4.78, 5) is 26.8. The molecule has 140 valence electrons. The van der Waals surface area contributed by atoms with Crippen LogP contribution in [0.15, 0.2) is 59.3 Å². The lowest BCUT2D eigenvalue weighted by Crippen LogP contribution is -2.30. The number of nitriles is 1. The van der Waals surface area contributed by atoms with Gasteiger partial charge in [0.15, 0.2) is 6.10 Å². The van der Waals surface area contributed by atoms with E-state index in [2.05, 4.69) is 5.32 Å². The molecular weight excluding hydrogens is 392 g/mol. The maximum absolute atomic E-state index is 12.7. The molecule has 0 aliphatic heterocycles. The molecule has 1 atom stereocenters. The Hall–Kier alpha value is -3.21. The molecule has 28 heavy (non-hydrogen) atoms. The first-order valence-corrected chi connectivity index (χ1v) is 10.1. The first-order valence-electron chi connectivity index (χ1n) is 8.38. The molecule has 0 fully saturated rings. The van der Waals surface area contributed by atoms with E-state index in [0.29, 0.717) is 16.8 Å². The van der Waals surface area contributed by atoms with Crippen LogP contribution in [0, 0.1) is 11.3 Å². The van der Waals surface area contributed by atoms with Crippen molar-refractivity contribution in [3.05, 3.63) is 74.6 Å². The van der Waals surface area contributed by atoms with Crippen LogP contribution in [0.3, 0.4) is 0 Å². The Bertz CT molecular complexity index is 1010. The van der Waals surface area contributed by atoms with E-state index in [1.807, 2.05) is 41.1 Å². The van der Waals surface area contributed by atoms with Crippen molar-refractivity contribution in [3.8, 4) is 6.07 Å². The Morgan fingerprint density at radius 1 is 1.11 bits per heavy atom. The molecule has 0 unspecified atom stereocenters. The normalized spacial score (nSPS) is 12.1. The van der Waals surface area contributed by atoms with E-state index in [4.69, 9.17) is 10.00 Å². The fourth-order valence-electron chi connectivity index (χ4n) is 2.33. The van der Waals surface area contributed by atoms with Gasteiger partial charge in [0.1, 0.15) is 0 Å². The van der Waals surface area contributed by atoms with Crippen LogP contribution in [0.1, 0.15) is 22.2 Å². The highest BCUT2D eigenvalue weighted by atomic mass is 32.1. The Labute approximate surface area is 170 Å². The molecule has 1 aromatic carbocycles. The van der Waals surface area contributed by atoms with Gasteiger partial charge in [-0.1, -0.05) is 12.1 Å². The van der Waals surface area contributed by atoms with Crippen molar-refractivity contribution >= 4 is 51.9 Å². The molecule has 1 amide bonds. The monoisotopic (exact) mass is 408 g/mol. The Kier molecular flexibility index (Phi) is 6.37. The van der Waals surface area contributed by atoms with Crippen LogP contribution in [0.5, 0.6) is 0 Å². The number of ether oxygens (including phenoxy) is 1. The lowest BCUT2D eigenvalue weighted by molar-refractivity contribution is -0.147. The van der Waals surface area contributed by atoms with E-state index >= 15 is 0 Å². The number of carbonyl (C=O) groups is 2. The third-order valence-corrected chi connectivity index (χ3v) is 5.49. The molecule has 0 radical (unpaired) electrons. The molecule has 1 N–H and O–H groups in total. The predicted octanol–water partition coefficient (Wildman–Crippen LogP) is 4.79. The second kappa shape index (κ2) is 9.13. The molecule has 0 aliphatic rings. The minimum atomic E-state index is -0.977. The number of hydrogen-bond donors (Lipinski definition) is 1. The lowest BCUT2D eigenvalue weighted by Gasteiger charge is -2.14. The molecule has 3 aromatic rings. The minimum Gasteiger partial charge on any atom is -0.449 e. The van der Waals surface area contributed by atoms with Gasteiger partial charge in [0.2, 0.25) is 0 Å². The molecule has 0 saturated carbocycles. The van der Waals surface area contributed by atoms with Gasteiger partial charge in [0.05, 0.1) is 17.2 Å². The van der Waals surface area contributed by atoms with Gasteiger partial charge < -0.3 is 10.1 Å². The fourth-order valence-corrected chi connectivity index (χ4v) is 3.72. The average Bonchev–Trinajstić information content (AvgIpc) is 3.40. The third-order valence-electron chi connectivity index (χ3n) is 3.77. The second-order valence-electron chi connectivity index (χ2n) is 5.78. The smallest absolute Gasteiger partial charge is 0.340 e. The van der Waals surface area contributed by atoms with Gasteiger partial charge in [-0.25, -0.2) is 4.79 Å². The molecule has 2 aromatic heterocycles. The van der Waals surface area contributed by atoms with Gasteiger partial charge in [0, 0.05) is 15.4 Å². The van der Waals surface area contributed by atoms with Crippen LogP contribution in [0.4, 0.5) is 5.69 Å². The van der Waals surface area contributed by atoms with E-state index in [1.165, 1.54) is 29.6 Å². The highest BCUT2D eigenvalue weighted by Gasteiger charge is 2.22. The van der Waals surface area contributed by atoms with E-state index in [-0.39, 0.29) is 0 Å². The number of rotatable bonds is 6. The summed E-state index contributed by atoms with van der Waals surface area (Å²) < 4.78 is 5.40. The SMILES string of the molecule is C[C@@H](OC(=O)/C(=C/c1cccs1)c1cccs1)C(=O)Nc1ccc(C#N)cc1. The highest BCUT2D eigenvalue weighted by molar-refractivity contribution is 7.12. The van der Waals surface area contributed by atoms with Crippen LogP contribution in [-0.4, -0.2) is 18.0 Å². The summed E-state index contributed by atoms with van der Waals surface area (Å²) in [6.07, 6.45) is 0.791. The first-order chi connectivity index (χ1) is 13.6. The largest absolute Gasteiger partial charge is 0.449 e. The summed E-state index contributed by atoms with van der Waals surface area (Å²) in [5.41, 5.74) is 1.44. The molecule has 7 heteroatoms. The molecule has 5 nitrogen and oxygen atoms in total. The number of nitrogens with one attached hydrogen (secondary N) is 1. The van der Waals surface area contributed by atoms with Crippen LogP contribution in [-0.2, 0) is 14.3 Å². The van der Waals surface area contributed by atoms with E-state index < -0.39 is 18.0 Å². The number of thiophene rings is 2. The topological polar surface area (TPSA) is 79.2 Å². The van der Waals surface area contributed by atoms with Crippen molar-refractivity contribution in [2.75, 3.05) is 5.32 Å². The zero-order valence-corrected chi connectivity index (χ0v) is 16.5. The molecule has 0 spiro atoms. The maximum Gasteiger partial charge on any atom is 0.340 e. The van der Waals surface area contributed by atoms with Gasteiger partial charge in [-0.05, 0) is 60.2 Å². The summed E-state index contributed by atoms with van der Waals surface area (Å²) in [6, 6.07) is 16.0. The Balaban J connectivity index is 1.70. The number of amides is 1. The average molecular weight is 409 g/mol. The van der Waals surface area contributed by atoms with Crippen molar-refractivity contribution < 1.29 is 14.3 Å². The third kappa shape index (κ3) is 4.94. The summed E-state index contributed by atoms with van der Waals surface area (Å²) >= 11 is 2.95. The second-order valence-corrected chi connectivity index (χ2v) is 7.70. The zero-order chi connectivity index (χ0) is 19.9. The Morgan fingerprint density at radius 3 is 2.43 bits per heavy atom. The van der Waals surface area contributed by atoms with Crippen molar-refractivity contribution in [3.63, 3.8) is 0 Å². The summed E-state index contributed by atoms with van der Waals surface area (Å²) in [5.74, 6) is -1.00. The van der Waals surface area contributed by atoms with Crippen molar-refractivity contribution in [1.29, 1.82) is 5.26 Å². The molecular formula is C21H16N2O3S2. The van der Waals surface area contributed by atoms with E-state index in [0.717, 1.165) is 9.75 Å². The highest BCUT2D eigenvalue weighted by Crippen LogP contribution is 2.26. The number of nitrogens with zero attached hydrogens (tertiary/aromatic N) is 1. The molecule has 0 aliphatic carbocycles. The number of esters is 1. The quantitative estimate of drug-likeness (QED) is 0.470. The van der Waals surface area contributed by atoms with Crippen LogP contribution in [0.25, 0.3) is 11.6 Å². The summed E-state index contributed by atoms with van der Waals surface area (Å²) in [6.45, 7) is 1.52. The molecule has 0 bridgehead atoms. The van der Waals surface area contributed by atoms with E-state index in [1.54, 1.807) is 30.3 Å². The van der Waals surface area contributed by atoms with Gasteiger partial charge in [-0.2, -0.15) is 5.26 Å². The summed E-state index contributed by atoms with van der Waals surface area (Å²) in [5, 5.41) is 15.3. The van der Waals surface area contributed by atoms with Crippen LogP contribution < -0.4 is 5.32 Å². The number of carbonyl (C=O) groups excluding carboxylic acids is 2. The molecule has 3 rings (SSSR count). The van der Waals surface area contributed by atoms with Gasteiger partial charge in [-0.15, -0.1) is 22.7 Å². The first kappa shape index (κ1) is 19.5. The Morgan fingerprint density at radius 2 is 1.82 bits per heavy atom. The van der Waals surface area contributed by atoms with Crippen molar-refractivity contribution in [2.45, 2.75) is 13.0 Å². The molecule has 0 saturated heterocycles. The van der Waals surface area contributed by atoms with Gasteiger partial charge in [0.25, 0.3) is 5.91 Å². The molecule has 2 heterocycles. The predicted molar refractivity (Wildman–Crippen MR) is 112 cm³/mol. The number of benzene rings is 1. The van der Waals surface area contributed by atoms with Gasteiger partial charge in [-0.3, -0.25) is 4.79 Å². The number of hydrogen-bond acceptors (Lipinski definition) is 6. The summed E-state index contributed by atoms with van der Waals surface area (Å²) in [7, 11) is 0. The van der Waals surface area contributed by atoms with E-state index in [9.17, 15) is 9.59 Å². The van der Waals surface area contributed by atoms with Crippen LogP contribution >= 0.6 is 22.7 Å². The standard InChI is InChI=1S/C21H16N2O3S2/c1-14(20(24)23-16-8-6-15(13-22)7-9-16)26-21(25)18(19-5-3-11-28-19)12-17-4-2-10-27-17/h2-12,14H,1H3,(H,23,24)/b18-12+/t14-/m1/s1. The lowest BCUT2D eigenvalue weighted by atomic mass is 10.2. The van der Waals surface area contributed by atoms with Crippen molar-refractivity contribution in [1.82, 2.24) is 0 Å². The fraction of sp³-hybridized carbons (Fsp3) is 0.0952. The van der Waals surface area contributed by atoms with Gasteiger partial charge >= 0.3 is 5.97 Å². The minimum absolute atomic E-state index is 0.412. The zero-order valence-electron chi connectivity index (χ0n) is 14.9. The maximum atomic E-state index is 12.7. The van der Waals surface area contributed by atoms with Crippen LogP contribution in [0.2, 0.25) is 0 Å².